The van der Waals surface area contributed by atoms with E-state index >= 15 is 0 Å². The molecule has 0 spiro atoms. The lowest BCUT2D eigenvalue weighted by molar-refractivity contribution is -0.273. The normalized spacial score (nSPS) is 30.7. The molecule has 7 nitrogen and oxygen atoms in total. The largest absolute Gasteiger partial charge is 0.460 e. The van der Waals surface area contributed by atoms with E-state index in [-0.39, 0.29) is 18.9 Å². The van der Waals surface area contributed by atoms with Gasteiger partial charge < -0.3 is 29.5 Å². The van der Waals surface area contributed by atoms with Crippen LogP contribution in [0.1, 0.15) is 60.3 Å². The Hall–Kier alpha value is -0.730. The Morgan fingerprint density at radius 1 is 1.25 bits per heavy atom. The zero-order valence-electron chi connectivity index (χ0n) is 15.3. The van der Waals surface area contributed by atoms with Crippen LogP contribution >= 0.6 is 0 Å². The van der Waals surface area contributed by atoms with Crippen molar-refractivity contribution in [1.82, 2.24) is 0 Å². The fourth-order valence-corrected chi connectivity index (χ4v) is 2.47. The van der Waals surface area contributed by atoms with Crippen molar-refractivity contribution < 1.29 is 34.3 Å². The molecule has 7 heteroatoms. The molecule has 3 N–H and O–H groups in total. The van der Waals surface area contributed by atoms with Crippen LogP contribution in [0.15, 0.2) is 0 Å². The molecule has 0 aromatic carbocycles. The van der Waals surface area contributed by atoms with Gasteiger partial charge in [0.25, 0.3) is 0 Å². The molecule has 1 aliphatic rings. The van der Waals surface area contributed by atoms with Crippen LogP contribution in [0.25, 0.3) is 0 Å². The number of hydrogen-bond acceptors (Lipinski definition) is 7. The minimum atomic E-state index is -0.884. The van der Waals surface area contributed by atoms with E-state index in [1.807, 2.05) is 6.92 Å². The summed E-state index contributed by atoms with van der Waals surface area (Å²) >= 11 is 0. The average Bonchev–Trinajstić information content (AvgIpc) is 2.40. The fourth-order valence-electron chi connectivity index (χ4n) is 2.47. The van der Waals surface area contributed by atoms with Gasteiger partial charge >= 0.3 is 5.97 Å². The van der Waals surface area contributed by atoms with Crippen molar-refractivity contribution in [2.45, 2.75) is 103 Å². The molecule has 3 unspecified atom stereocenters. The van der Waals surface area contributed by atoms with Gasteiger partial charge in [-0.15, -0.1) is 0 Å². The van der Waals surface area contributed by atoms with Crippen LogP contribution in [-0.4, -0.2) is 63.7 Å². The highest BCUT2D eigenvalue weighted by molar-refractivity contribution is 5.70. The molecule has 0 amide bonds. The molecule has 0 aliphatic carbocycles. The van der Waals surface area contributed by atoms with Crippen LogP contribution in [-0.2, 0) is 19.0 Å². The standard InChI is InChI=1S/C17H32O7/c1-10(22-16-14(20)9-13(19)11(2)23-16)6-7-12(18)8-15(21)24-17(3,4)5/h10-14,16,18-20H,6-9H2,1-5H3/t10-,11+,12?,13?,14-,16?/m1/s1. The van der Waals surface area contributed by atoms with Crippen molar-refractivity contribution >= 4 is 5.97 Å². The number of hydrogen-bond donors (Lipinski definition) is 3. The molecule has 1 heterocycles. The minimum Gasteiger partial charge on any atom is -0.460 e. The molecular weight excluding hydrogens is 316 g/mol. The van der Waals surface area contributed by atoms with Gasteiger partial charge in [0.05, 0.1) is 30.8 Å². The van der Waals surface area contributed by atoms with Crippen LogP contribution in [0.5, 0.6) is 0 Å². The summed E-state index contributed by atoms with van der Waals surface area (Å²) in [6.45, 7) is 8.87. The Balaban J connectivity index is 2.30. The Kier molecular flexibility index (Phi) is 8.08. The van der Waals surface area contributed by atoms with E-state index in [4.69, 9.17) is 14.2 Å². The van der Waals surface area contributed by atoms with E-state index in [1.54, 1.807) is 27.7 Å². The molecule has 0 radical (unpaired) electrons. The van der Waals surface area contributed by atoms with E-state index in [0.29, 0.717) is 12.8 Å². The summed E-state index contributed by atoms with van der Waals surface area (Å²) in [6, 6.07) is 0. The smallest absolute Gasteiger partial charge is 0.308 e. The first kappa shape index (κ1) is 21.3. The first-order valence-electron chi connectivity index (χ1n) is 8.55. The summed E-state index contributed by atoms with van der Waals surface area (Å²) in [5, 5.41) is 29.4. The van der Waals surface area contributed by atoms with Crippen LogP contribution < -0.4 is 0 Å². The number of carbonyl (C=O) groups is 1. The van der Waals surface area contributed by atoms with Gasteiger partial charge in [-0.05, 0) is 47.5 Å². The lowest BCUT2D eigenvalue weighted by Crippen LogP contribution is -2.48. The highest BCUT2D eigenvalue weighted by Gasteiger charge is 2.35. The van der Waals surface area contributed by atoms with Gasteiger partial charge in [0.2, 0.25) is 0 Å². The van der Waals surface area contributed by atoms with E-state index < -0.39 is 42.3 Å². The lowest BCUT2D eigenvalue weighted by atomic mass is 10.0. The van der Waals surface area contributed by atoms with E-state index in [0.717, 1.165) is 0 Å². The topological polar surface area (TPSA) is 105 Å². The molecule has 0 bridgehead atoms. The Labute approximate surface area is 143 Å². The Morgan fingerprint density at radius 2 is 1.88 bits per heavy atom. The second kappa shape index (κ2) is 9.10. The number of rotatable bonds is 7. The van der Waals surface area contributed by atoms with Crippen molar-refractivity contribution in [1.29, 1.82) is 0 Å². The second-order valence-corrected chi connectivity index (χ2v) is 7.55. The first-order valence-corrected chi connectivity index (χ1v) is 8.55. The zero-order valence-corrected chi connectivity index (χ0v) is 15.3. The van der Waals surface area contributed by atoms with Crippen molar-refractivity contribution in [3.05, 3.63) is 0 Å². The summed E-state index contributed by atoms with van der Waals surface area (Å²) in [7, 11) is 0. The first-order chi connectivity index (χ1) is 11.0. The molecular formula is C17H32O7. The van der Waals surface area contributed by atoms with Gasteiger partial charge in [-0.25, -0.2) is 0 Å². The molecule has 142 valence electrons. The number of ether oxygens (including phenoxy) is 3. The molecule has 0 saturated carbocycles. The van der Waals surface area contributed by atoms with Crippen molar-refractivity contribution in [2.24, 2.45) is 0 Å². The number of esters is 1. The lowest BCUT2D eigenvalue weighted by Gasteiger charge is -2.36. The Bertz CT molecular complexity index is 393. The maximum Gasteiger partial charge on any atom is 0.308 e. The molecule has 1 fully saturated rings. The molecule has 1 aliphatic heterocycles. The maximum atomic E-state index is 11.7. The molecule has 0 aromatic heterocycles. The van der Waals surface area contributed by atoms with Crippen LogP contribution in [0.4, 0.5) is 0 Å². The minimum absolute atomic E-state index is 0.0598. The molecule has 24 heavy (non-hydrogen) atoms. The van der Waals surface area contributed by atoms with Gasteiger partial charge in [0, 0.05) is 6.42 Å². The quantitative estimate of drug-likeness (QED) is 0.592. The van der Waals surface area contributed by atoms with Gasteiger partial charge in [-0.1, -0.05) is 0 Å². The van der Waals surface area contributed by atoms with Crippen LogP contribution in [0, 0.1) is 0 Å². The van der Waals surface area contributed by atoms with Crippen molar-refractivity contribution in [3.63, 3.8) is 0 Å². The van der Waals surface area contributed by atoms with Crippen molar-refractivity contribution in [3.8, 4) is 0 Å². The van der Waals surface area contributed by atoms with Crippen LogP contribution in [0.2, 0.25) is 0 Å². The maximum absolute atomic E-state index is 11.7. The fraction of sp³-hybridized carbons (Fsp3) is 0.941. The van der Waals surface area contributed by atoms with E-state index in [2.05, 4.69) is 0 Å². The predicted octanol–water partition coefficient (Wildman–Crippen LogP) is 1.12. The second-order valence-electron chi connectivity index (χ2n) is 7.55. The monoisotopic (exact) mass is 348 g/mol. The van der Waals surface area contributed by atoms with Gasteiger partial charge in [0.15, 0.2) is 6.29 Å². The third-order valence-corrected chi connectivity index (χ3v) is 3.78. The summed E-state index contributed by atoms with van der Waals surface area (Å²) in [4.78, 5) is 11.7. The highest BCUT2D eigenvalue weighted by atomic mass is 16.7. The third kappa shape index (κ3) is 7.90. The number of aliphatic hydroxyl groups excluding tert-OH is 3. The third-order valence-electron chi connectivity index (χ3n) is 3.78. The van der Waals surface area contributed by atoms with E-state index in [9.17, 15) is 20.1 Å². The number of carbonyl (C=O) groups excluding carboxylic acids is 1. The van der Waals surface area contributed by atoms with E-state index in [1.165, 1.54) is 0 Å². The van der Waals surface area contributed by atoms with Gasteiger partial charge in [-0.2, -0.15) is 0 Å². The summed E-state index contributed by atoms with van der Waals surface area (Å²) in [5.74, 6) is -0.433. The molecule has 1 saturated heterocycles. The predicted molar refractivity (Wildman–Crippen MR) is 87.2 cm³/mol. The van der Waals surface area contributed by atoms with Gasteiger partial charge in [0.1, 0.15) is 11.7 Å². The average molecular weight is 348 g/mol. The van der Waals surface area contributed by atoms with Crippen LogP contribution in [0.3, 0.4) is 0 Å². The SMILES string of the molecule is C[C@H](CCC(O)CC(=O)OC(C)(C)C)OC1O[C@@H](C)C(O)C[C@H]1O. The van der Waals surface area contributed by atoms with Crippen molar-refractivity contribution in [2.75, 3.05) is 0 Å². The molecule has 0 aromatic rings. The zero-order chi connectivity index (χ0) is 18.5. The molecule has 6 atom stereocenters. The summed E-state index contributed by atoms with van der Waals surface area (Å²) in [5.41, 5.74) is -0.567. The highest BCUT2D eigenvalue weighted by Crippen LogP contribution is 2.23. The summed E-state index contributed by atoms with van der Waals surface area (Å²) < 4.78 is 16.3. The van der Waals surface area contributed by atoms with Gasteiger partial charge in [-0.3, -0.25) is 4.79 Å². The number of aliphatic hydroxyl groups is 3. The summed E-state index contributed by atoms with van der Waals surface area (Å²) in [6.07, 6.45) is -2.81. The molecule has 1 rings (SSSR count). The Morgan fingerprint density at radius 3 is 2.46 bits per heavy atom.